The fourth-order valence-corrected chi connectivity index (χ4v) is 3.97. The molecule has 2 heterocycles. The van der Waals surface area contributed by atoms with Gasteiger partial charge in [-0.1, -0.05) is 31.2 Å². The van der Waals surface area contributed by atoms with Gasteiger partial charge in [0.2, 0.25) is 0 Å². The number of carbonyl (C=O) groups is 2. The maximum atomic E-state index is 13.2. The summed E-state index contributed by atoms with van der Waals surface area (Å²) in [5, 5.41) is 11.3. The lowest BCUT2D eigenvalue weighted by molar-refractivity contribution is -0.140. The quantitative estimate of drug-likeness (QED) is 0.304. The van der Waals surface area contributed by atoms with Crippen molar-refractivity contribution in [3.63, 3.8) is 0 Å². The Balaban J connectivity index is 1.81. The van der Waals surface area contributed by atoms with E-state index in [4.69, 9.17) is 9.47 Å². The van der Waals surface area contributed by atoms with Crippen molar-refractivity contribution in [3.8, 4) is 11.5 Å². The molecule has 1 aromatic heterocycles. The summed E-state index contributed by atoms with van der Waals surface area (Å²) in [6.45, 7) is 2.73. The molecular formula is C27H26N2O5. The van der Waals surface area contributed by atoms with Gasteiger partial charge in [-0.15, -0.1) is 0 Å². The Morgan fingerprint density at radius 3 is 2.44 bits per heavy atom. The number of Topliss-reactive ketones (excluding diaryl/α,β-unsaturated/α-hetero) is 1. The van der Waals surface area contributed by atoms with Crippen LogP contribution in [0.25, 0.3) is 5.76 Å². The zero-order valence-electron chi connectivity index (χ0n) is 19.1. The number of pyridine rings is 1. The Hall–Kier alpha value is -4.13. The first-order valence-corrected chi connectivity index (χ1v) is 11.1. The van der Waals surface area contributed by atoms with E-state index in [-0.39, 0.29) is 17.9 Å². The van der Waals surface area contributed by atoms with Gasteiger partial charge in [0, 0.05) is 24.5 Å². The summed E-state index contributed by atoms with van der Waals surface area (Å²) in [6.07, 6.45) is 4.11. The molecule has 1 aliphatic heterocycles. The third-order valence-electron chi connectivity index (χ3n) is 5.65. The van der Waals surface area contributed by atoms with Crippen molar-refractivity contribution in [1.29, 1.82) is 0 Å². The van der Waals surface area contributed by atoms with E-state index in [1.165, 1.54) is 4.90 Å². The summed E-state index contributed by atoms with van der Waals surface area (Å²) >= 11 is 0. The van der Waals surface area contributed by atoms with Crippen LogP contribution in [0.1, 0.15) is 36.1 Å². The van der Waals surface area contributed by atoms with Gasteiger partial charge in [0.1, 0.15) is 17.3 Å². The highest BCUT2D eigenvalue weighted by Gasteiger charge is 2.46. The van der Waals surface area contributed by atoms with E-state index in [9.17, 15) is 14.7 Å². The normalized spacial score (nSPS) is 17.1. The second kappa shape index (κ2) is 10.2. The molecule has 2 aromatic carbocycles. The Morgan fingerprint density at radius 1 is 1.03 bits per heavy atom. The Labute approximate surface area is 198 Å². The van der Waals surface area contributed by atoms with Crippen LogP contribution in [0.2, 0.25) is 0 Å². The lowest BCUT2D eigenvalue weighted by Gasteiger charge is -2.25. The molecule has 1 amide bonds. The lowest BCUT2D eigenvalue weighted by Crippen LogP contribution is -2.29. The highest BCUT2D eigenvalue weighted by Crippen LogP contribution is 2.41. The third-order valence-corrected chi connectivity index (χ3v) is 5.65. The number of amides is 1. The molecule has 174 valence electrons. The van der Waals surface area contributed by atoms with E-state index in [2.05, 4.69) is 4.98 Å². The number of rotatable bonds is 8. The average molecular weight is 459 g/mol. The number of carbonyl (C=O) groups excluding carboxylic acids is 2. The van der Waals surface area contributed by atoms with E-state index >= 15 is 0 Å². The summed E-state index contributed by atoms with van der Waals surface area (Å²) in [4.78, 5) is 31.8. The van der Waals surface area contributed by atoms with Crippen molar-refractivity contribution in [2.24, 2.45) is 0 Å². The molecule has 0 radical (unpaired) electrons. The first kappa shape index (κ1) is 23.0. The second-order valence-electron chi connectivity index (χ2n) is 7.93. The molecule has 1 saturated heterocycles. The van der Waals surface area contributed by atoms with Gasteiger partial charge in [-0.05, 0) is 53.9 Å². The van der Waals surface area contributed by atoms with Crippen molar-refractivity contribution in [2.45, 2.75) is 25.9 Å². The van der Waals surface area contributed by atoms with Gasteiger partial charge in [-0.25, -0.2) is 0 Å². The van der Waals surface area contributed by atoms with Crippen molar-refractivity contribution < 1.29 is 24.2 Å². The summed E-state index contributed by atoms with van der Waals surface area (Å²) in [5.41, 5.74) is 1.96. The molecule has 1 atom stereocenters. The number of benzene rings is 2. The Bertz CT molecular complexity index is 1210. The minimum absolute atomic E-state index is 0.0388. The number of hydrogen-bond donors (Lipinski definition) is 1. The summed E-state index contributed by atoms with van der Waals surface area (Å²) in [5.74, 6) is -0.406. The van der Waals surface area contributed by atoms with Gasteiger partial charge in [-0.3, -0.25) is 14.6 Å². The van der Waals surface area contributed by atoms with E-state index in [0.29, 0.717) is 29.2 Å². The van der Waals surface area contributed by atoms with Crippen LogP contribution in [-0.4, -0.2) is 40.4 Å². The fourth-order valence-electron chi connectivity index (χ4n) is 3.97. The van der Waals surface area contributed by atoms with Crippen molar-refractivity contribution in [3.05, 3.63) is 95.3 Å². The molecule has 3 aromatic rings. The number of aromatic nitrogens is 1. The topological polar surface area (TPSA) is 89.0 Å². The first-order chi connectivity index (χ1) is 16.5. The predicted octanol–water partition coefficient (Wildman–Crippen LogP) is 4.50. The summed E-state index contributed by atoms with van der Waals surface area (Å²) in [6, 6.07) is 16.8. The van der Waals surface area contributed by atoms with E-state index < -0.39 is 17.7 Å². The molecule has 7 nitrogen and oxygen atoms in total. The van der Waals surface area contributed by atoms with Crippen LogP contribution in [0.3, 0.4) is 0 Å². The molecule has 1 aliphatic rings. The monoisotopic (exact) mass is 458 g/mol. The minimum atomic E-state index is -0.765. The van der Waals surface area contributed by atoms with Crippen LogP contribution < -0.4 is 9.47 Å². The maximum absolute atomic E-state index is 13.2. The van der Waals surface area contributed by atoms with Crippen LogP contribution in [0.5, 0.6) is 11.5 Å². The number of aliphatic hydroxyl groups excluding tert-OH is 1. The molecule has 0 saturated carbocycles. The maximum Gasteiger partial charge on any atom is 0.295 e. The number of likely N-dealkylation sites (tertiary alicyclic amines) is 1. The van der Waals surface area contributed by atoms with Crippen molar-refractivity contribution >= 4 is 17.4 Å². The molecule has 34 heavy (non-hydrogen) atoms. The van der Waals surface area contributed by atoms with Crippen LogP contribution >= 0.6 is 0 Å². The van der Waals surface area contributed by atoms with Gasteiger partial charge in [0.05, 0.1) is 25.3 Å². The highest BCUT2D eigenvalue weighted by molar-refractivity contribution is 6.46. The second-order valence-corrected chi connectivity index (χ2v) is 7.93. The minimum Gasteiger partial charge on any atom is -0.507 e. The van der Waals surface area contributed by atoms with Crippen LogP contribution in [-0.2, 0) is 16.1 Å². The number of aliphatic hydroxyl groups is 1. The number of nitrogens with zero attached hydrogens (tertiary/aromatic N) is 2. The molecule has 1 unspecified atom stereocenters. The van der Waals surface area contributed by atoms with Crippen LogP contribution in [0.15, 0.2) is 78.6 Å². The molecule has 1 fully saturated rings. The summed E-state index contributed by atoms with van der Waals surface area (Å²) < 4.78 is 10.9. The fraction of sp³-hybridized carbons (Fsp3) is 0.222. The zero-order chi connectivity index (χ0) is 24.1. The Morgan fingerprint density at radius 2 is 1.76 bits per heavy atom. The van der Waals surface area contributed by atoms with E-state index in [1.54, 1.807) is 80.2 Å². The van der Waals surface area contributed by atoms with Crippen molar-refractivity contribution in [1.82, 2.24) is 9.88 Å². The van der Waals surface area contributed by atoms with Crippen molar-refractivity contribution in [2.75, 3.05) is 13.7 Å². The zero-order valence-corrected chi connectivity index (χ0v) is 19.1. The first-order valence-electron chi connectivity index (χ1n) is 11.1. The highest BCUT2D eigenvalue weighted by atomic mass is 16.5. The van der Waals surface area contributed by atoms with Gasteiger partial charge < -0.3 is 19.5 Å². The van der Waals surface area contributed by atoms with E-state index in [0.717, 1.165) is 12.0 Å². The summed E-state index contributed by atoms with van der Waals surface area (Å²) in [7, 11) is 1.57. The van der Waals surface area contributed by atoms with Gasteiger partial charge >= 0.3 is 0 Å². The SMILES string of the molecule is CCCOc1cccc(/C(O)=C2\C(=O)C(=O)N(Cc3ccncc3)C2c2ccc(OC)cc2)c1. The molecule has 0 aliphatic carbocycles. The lowest BCUT2D eigenvalue weighted by atomic mass is 9.95. The third kappa shape index (κ3) is 4.64. The molecule has 0 bridgehead atoms. The standard InChI is InChI=1S/C27H26N2O5/c1-3-15-34-22-6-4-5-20(16-22)25(30)23-24(19-7-9-21(33-2)10-8-19)29(27(32)26(23)31)17-18-11-13-28-14-12-18/h4-14,16,24,30H,3,15,17H2,1-2H3/b25-23+. The van der Waals surface area contributed by atoms with Gasteiger partial charge in [-0.2, -0.15) is 0 Å². The van der Waals surface area contributed by atoms with Crippen LogP contribution in [0.4, 0.5) is 0 Å². The van der Waals surface area contributed by atoms with Gasteiger partial charge in [0.25, 0.3) is 11.7 Å². The average Bonchev–Trinajstić information content (AvgIpc) is 3.12. The smallest absolute Gasteiger partial charge is 0.295 e. The van der Waals surface area contributed by atoms with E-state index in [1.807, 2.05) is 6.92 Å². The number of ether oxygens (including phenoxy) is 2. The molecule has 4 rings (SSSR count). The Kier molecular flexibility index (Phi) is 6.92. The number of methoxy groups -OCH3 is 1. The van der Waals surface area contributed by atoms with Crippen LogP contribution in [0, 0.1) is 0 Å². The largest absolute Gasteiger partial charge is 0.507 e. The molecule has 1 N–H and O–H groups in total. The number of hydrogen-bond acceptors (Lipinski definition) is 6. The number of ketones is 1. The molecule has 0 spiro atoms. The van der Waals surface area contributed by atoms with Gasteiger partial charge in [0.15, 0.2) is 0 Å². The predicted molar refractivity (Wildman–Crippen MR) is 127 cm³/mol. The molecule has 7 heteroatoms. The molecular weight excluding hydrogens is 432 g/mol.